The van der Waals surface area contributed by atoms with Crippen LogP contribution in [0.3, 0.4) is 0 Å². The van der Waals surface area contributed by atoms with Crippen molar-refractivity contribution in [3.63, 3.8) is 0 Å². The smallest absolute Gasteiger partial charge is 0.271 e. The highest BCUT2D eigenvalue weighted by Gasteiger charge is 2.48. The molecule has 2 aromatic heterocycles. The van der Waals surface area contributed by atoms with E-state index in [9.17, 15) is 4.79 Å². The number of hydrogen-bond donors (Lipinski definition) is 2. The summed E-state index contributed by atoms with van der Waals surface area (Å²) in [5.41, 5.74) is 1.65. The Morgan fingerprint density at radius 1 is 1.36 bits per heavy atom. The Bertz CT molecular complexity index is 709. The summed E-state index contributed by atoms with van der Waals surface area (Å²) in [6, 6.07) is 0. The maximum absolute atomic E-state index is 12.3. The second kappa shape index (κ2) is 4.44. The fourth-order valence-electron chi connectivity index (χ4n) is 3.27. The van der Waals surface area contributed by atoms with Crippen molar-refractivity contribution in [1.29, 1.82) is 0 Å². The number of carbonyl (C=O) groups excluding carboxylic acids is 1. The molecule has 0 radical (unpaired) electrons. The number of rotatable bonds is 3. The molecule has 0 spiro atoms. The first-order valence-corrected chi connectivity index (χ1v) is 7.81. The molecule has 0 atom stereocenters. The number of amides is 1. The third kappa shape index (κ3) is 2.23. The van der Waals surface area contributed by atoms with Crippen molar-refractivity contribution < 1.29 is 4.79 Å². The predicted molar refractivity (Wildman–Crippen MR) is 81.5 cm³/mol. The van der Waals surface area contributed by atoms with E-state index in [0.29, 0.717) is 12.2 Å². The number of nitrogens with one attached hydrogen (secondary N) is 2. The molecule has 4 rings (SSSR count). The number of aromatic amines is 1. The number of imidazole rings is 2. The van der Waals surface area contributed by atoms with Crippen LogP contribution in [0.5, 0.6) is 0 Å². The molecule has 0 unspecified atom stereocenters. The molecule has 1 aliphatic carbocycles. The van der Waals surface area contributed by atoms with Gasteiger partial charge in [-0.3, -0.25) is 4.79 Å². The van der Waals surface area contributed by atoms with Gasteiger partial charge in [-0.15, -0.1) is 0 Å². The molecule has 6 nitrogen and oxygen atoms in total. The third-order valence-corrected chi connectivity index (χ3v) is 4.78. The summed E-state index contributed by atoms with van der Waals surface area (Å²) in [6.45, 7) is 5.89. The van der Waals surface area contributed by atoms with Crippen LogP contribution in [0.15, 0.2) is 18.7 Å². The fourth-order valence-corrected chi connectivity index (χ4v) is 3.27. The van der Waals surface area contributed by atoms with E-state index in [-0.39, 0.29) is 16.7 Å². The topological polar surface area (TPSA) is 75.6 Å². The Balaban J connectivity index is 1.67. The molecule has 22 heavy (non-hydrogen) atoms. The summed E-state index contributed by atoms with van der Waals surface area (Å²) in [4.78, 5) is 24.5. The minimum atomic E-state index is -0.0542. The van der Waals surface area contributed by atoms with Crippen molar-refractivity contribution in [3.8, 4) is 0 Å². The van der Waals surface area contributed by atoms with Gasteiger partial charge in [-0.05, 0) is 24.7 Å². The number of H-pyrrole nitrogens is 1. The normalized spacial score (nSPS) is 21.8. The Morgan fingerprint density at radius 3 is 2.86 bits per heavy atom. The van der Waals surface area contributed by atoms with Gasteiger partial charge in [0.05, 0.1) is 6.33 Å². The van der Waals surface area contributed by atoms with Crippen molar-refractivity contribution in [2.75, 3.05) is 6.54 Å². The first-order valence-electron chi connectivity index (χ1n) is 7.81. The van der Waals surface area contributed by atoms with E-state index in [4.69, 9.17) is 0 Å². The van der Waals surface area contributed by atoms with Gasteiger partial charge in [0.1, 0.15) is 11.5 Å². The highest BCUT2D eigenvalue weighted by atomic mass is 16.1. The van der Waals surface area contributed by atoms with Gasteiger partial charge >= 0.3 is 0 Å². The molecule has 2 aromatic rings. The van der Waals surface area contributed by atoms with E-state index < -0.39 is 0 Å². The van der Waals surface area contributed by atoms with Gasteiger partial charge in [0.25, 0.3) is 5.91 Å². The van der Waals surface area contributed by atoms with Gasteiger partial charge in [0.2, 0.25) is 0 Å². The van der Waals surface area contributed by atoms with Crippen LogP contribution in [0.25, 0.3) is 0 Å². The SMILES string of the molecule is CC1(C)CNC(=O)c2nc(C3(Cn4ccnc4)CC3)[nH]c2C1. The molecule has 1 aliphatic heterocycles. The van der Waals surface area contributed by atoms with Crippen molar-refractivity contribution in [2.45, 2.75) is 45.1 Å². The van der Waals surface area contributed by atoms with E-state index in [1.807, 2.05) is 12.5 Å². The van der Waals surface area contributed by atoms with Crippen LogP contribution in [0.4, 0.5) is 0 Å². The third-order valence-electron chi connectivity index (χ3n) is 4.78. The Hall–Kier alpha value is -2.11. The maximum Gasteiger partial charge on any atom is 0.271 e. The molecule has 2 N–H and O–H groups in total. The summed E-state index contributed by atoms with van der Waals surface area (Å²) in [7, 11) is 0. The second-order valence-corrected chi connectivity index (χ2v) is 7.45. The van der Waals surface area contributed by atoms with E-state index in [1.165, 1.54) is 0 Å². The minimum Gasteiger partial charge on any atom is -0.350 e. The molecule has 0 saturated heterocycles. The molecule has 3 heterocycles. The van der Waals surface area contributed by atoms with Crippen LogP contribution in [0, 0.1) is 5.41 Å². The standard InChI is InChI=1S/C16H21N5O/c1-15(2)7-11-12(13(22)18-8-15)20-14(19-11)16(3-4-16)9-21-6-5-17-10-21/h5-6,10H,3-4,7-9H2,1-2H3,(H,18,22)(H,19,20). The predicted octanol–water partition coefficient (Wildman–Crippen LogP) is 1.65. The summed E-state index contributed by atoms with van der Waals surface area (Å²) in [5.74, 6) is 0.903. The van der Waals surface area contributed by atoms with Crippen molar-refractivity contribution in [1.82, 2.24) is 24.8 Å². The number of aromatic nitrogens is 4. The first kappa shape index (κ1) is 13.5. The molecule has 0 bridgehead atoms. The molecular weight excluding hydrogens is 278 g/mol. The van der Waals surface area contributed by atoms with Crippen LogP contribution in [-0.4, -0.2) is 32.0 Å². The van der Waals surface area contributed by atoms with Gasteiger partial charge < -0.3 is 14.9 Å². The van der Waals surface area contributed by atoms with E-state index in [0.717, 1.165) is 37.3 Å². The summed E-state index contributed by atoms with van der Waals surface area (Å²) in [6.07, 6.45) is 8.65. The quantitative estimate of drug-likeness (QED) is 0.905. The van der Waals surface area contributed by atoms with Crippen LogP contribution in [0.2, 0.25) is 0 Å². The minimum absolute atomic E-state index is 0.0390. The van der Waals surface area contributed by atoms with Crippen molar-refractivity contribution in [3.05, 3.63) is 35.9 Å². The average molecular weight is 299 g/mol. The van der Waals surface area contributed by atoms with E-state index >= 15 is 0 Å². The average Bonchev–Trinajstić information content (AvgIpc) is 2.90. The van der Waals surface area contributed by atoms with Crippen LogP contribution >= 0.6 is 0 Å². The van der Waals surface area contributed by atoms with Crippen molar-refractivity contribution >= 4 is 5.91 Å². The summed E-state index contributed by atoms with van der Waals surface area (Å²) < 4.78 is 2.09. The molecule has 0 aromatic carbocycles. The fraction of sp³-hybridized carbons (Fsp3) is 0.562. The molecule has 1 saturated carbocycles. The molecule has 116 valence electrons. The molecule has 2 aliphatic rings. The monoisotopic (exact) mass is 299 g/mol. The molecule has 1 fully saturated rings. The molecule has 6 heteroatoms. The summed E-state index contributed by atoms with van der Waals surface area (Å²) in [5, 5.41) is 2.99. The maximum atomic E-state index is 12.3. The zero-order chi connectivity index (χ0) is 15.4. The summed E-state index contributed by atoms with van der Waals surface area (Å²) >= 11 is 0. The number of hydrogen-bond acceptors (Lipinski definition) is 3. The van der Waals surface area contributed by atoms with Crippen LogP contribution < -0.4 is 5.32 Å². The van der Waals surface area contributed by atoms with Gasteiger partial charge in [-0.2, -0.15) is 0 Å². The lowest BCUT2D eigenvalue weighted by atomic mass is 9.88. The van der Waals surface area contributed by atoms with Gasteiger partial charge in [-0.25, -0.2) is 9.97 Å². The van der Waals surface area contributed by atoms with Gasteiger partial charge in [0.15, 0.2) is 0 Å². The Morgan fingerprint density at radius 2 is 2.18 bits per heavy atom. The lowest BCUT2D eigenvalue weighted by Crippen LogP contribution is -2.32. The lowest BCUT2D eigenvalue weighted by Gasteiger charge is -2.21. The highest BCUT2D eigenvalue weighted by Crippen LogP contribution is 2.48. The first-order chi connectivity index (χ1) is 10.5. The van der Waals surface area contributed by atoms with Crippen molar-refractivity contribution in [2.24, 2.45) is 5.41 Å². The van der Waals surface area contributed by atoms with Gasteiger partial charge in [-0.1, -0.05) is 13.8 Å². The van der Waals surface area contributed by atoms with Gasteiger partial charge in [0, 0.05) is 36.6 Å². The zero-order valence-electron chi connectivity index (χ0n) is 13.0. The van der Waals surface area contributed by atoms with E-state index in [2.05, 4.69) is 38.7 Å². The molecular formula is C16H21N5O. The largest absolute Gasteiger partial charge is 0.350 e. The second-order valence-electron chi connectivity index (χ2n) is 7.45. The molecule has 1 amide bonds. The number of carbonyl (C=O) groups is 1. The van der Waals surface area contributed by atoms with Crippen LogP contribution in [0.1, 0.15) is 48.7 Å². The van der Waals surface area contributed by atoms with Crippen LogP contribution in [-0.2, 0) is 18.4 Å². The highest BCUT2D eigenvalue weighted by molar-refractivity contribution is 5.94. The number of nitrogens with zero attached hydrogens (tertiary/aromatic N) is 3. The Kier molecular flexibility index (Phi) is 2.74. The number of fused-ring (bicyclic) bond motifs is 1. The van der Waals surface area contributed by atoms with E-state index in [1.54, 1.807) is 6.20 Å². The lowest BCUT2D eigenvalue weighted by molar-refractivity contribution is 0.0940. The Labute approximate surface area is 129 Å². The zero-order valence-corrected chi connectivity index (χ0v) is 13.0.